The molecule has 0 bridgehead atoms. The van der Waals surface area contributed by atoms with Crippen LogP contribution in [0.15, 0.2) is 70.0 Å². The van der Waals surface area contributed by atoms with Crippen molar-refractivity contribution in [2.75, 3.05) is 19.6 Å². The first-order chi connectivity index (χ1) is 14.2. The number of aliphatic hydroxyl groups excluding tert-OH is 1. The van der Waals surface area contributed by atoms with Crippen molar-refractivity contribution in [3.63, 3.8) is 0 Å². The van der Waals surface area contributed by atoms with Crippen molar-refractivity contribution in [2.45, 2.75) is 31.9 Å². The second-order valence-corrected chi connectivity index (χ2v) is 7.84. The lowest BCUT2D eigenvalue weighted by Gasteiger charge is -2.33. The molecule has 0 amide bonds. The van der Waals surface area contributed by atoms with Crippen LogP contribution in [0.25, 0.3) is 11.4 Å². The normalized spacial score (nSPS) is 16.7. The van der Waals surface area contributed by atoms with Gasteiger partial charge >= 0.3 is 5.76 Å². The van der Waals surface area contributed by atoms with Crippen LogP contribution in [0, 0.1) is 5.92 Å². The standard InChI is InChI=1S/C23H27N3O3/c27-21(17-26-22(24-29-23(26)28)20-9-5-2-6-10-20)16-25-13-11-19(12-14-25)15-18-7-3-1-4-8-18/h1-10,19,21,27H,11-17H2. The Morgan fingerprint density at radius 2 is 1.66 bits per heavy atom. The second-order valence-electron chi connectivity index (χ2n) is 7.84. The van der Waals surface area contributed by atoms with Crippen molar-refractivity contribution in [1.82, 2.24) is 14.6 Å². The summed E-state index contributed by atoms with van der Waals surface area (Å²) in [4.78, 5) is 14.4. The van der Waals surface area contributed by atoms with E-state index in [9.17, 15) is 9.90 Å². The van der Waals surface area contributed by atoms with Gasteiger partial charge in [-0.15, -0.1) is 0 Å². The Labute approximate surface area is 170 Å². The zero-order valence-corrected chi connectivity index (χ0v) is 16.5. The fourth-order valence-corrected chi connectivity index (χ4v) is 4.11. The van der Waals surface area contributed by atoms with Crippen LogP contribution in [-0.2, 0) is 13.0 Å². The van der Waals surface area contributed by atoms with Crippen LogP contribution < -0.4 is 5.76 Å². The molecule has 0 aliphatic carbocycles. The summed E-state index contributed by atoms with van der Waals surface area (Å²) in [5.74, 6) is 0.608. The number of rotatable bonds is 7. The SMILES string of the molecule is O=c1onc(-c2ccccc2)n1CC(O)CN1CCC(Cc2ccccc2)CC1. The molecule has 4 rings (SSSR count). The Morgan fingerprint density at radius 3 is 2.34 bits per heavy atom. The van der Waals surface area contributed by atoms with Crippen molar-refractivity contribution in [3.8, 4) is 11.4 Å². The van der Waals surface area contributed by atoms with E-state index in [2.05, 4.69) is 40.4 Å². The number of likely N-dealkylation sites (tertiary alicyclic amines) is 1. The lowest BCUT2D eigenvalue weighted by molar-refractivity contribution is 0.0772. The average Bonchev–Trinajstić information content (AvgIpc) is 3.11. The van der Waals surface area contributed by atoms with Crippen molar-refractivity contribution in [1.29, 1.82) is 0 Å². The third-order valence-electron chi connectivity index (χ3n) is 5.65. The number of aliphatic hydroxyl groups is 1. The Bertz CT molecular complexity index is 944. The monoisotopic (exact) mass is 393 g/mol. The maximum atomic E-state index is 12.1. The van der Waals surface area contributed by atoms with Crippen molar-refractivity contribution >= 4 is 0 Å². The van der Waals surface area contributed by atoms with Gasteiger partial charge in [-0.3, -0.25) is 9.09 Å². The number of β-amino-alcohol motifs (C(OH)–C–C–N with tert-alkyl or cyclic N) is 1. The van der Waals surface area contributed by atoms with E-state index in [0.717, 1.165) is 37.9 Å². The van der Waals surface area contributed by atoms with Crippen LogP contribution in [0.3, 0.4) is 0 Å². The van der Waals surface area contributed by atoms with Gasteiger partial charge < -0.3 is 10.0 Å². The molecule has 1 aromatic heterocycles. The molecule has 1 atom stereocenters. The van der Waals surface area contributed by atoms with E-state index < -0.39 is 11.9 Å². The molecular weight excluding hydrogens is 366 g/mol. The fraction of sp³-hybridized carbons (Fsp3) is 0.391. The zero-order valence-electron chi connectivity index (χ0n) is 16.5. The molecule has 6 heteroatoms. The molecule has 1 aliphatic rings. The molecule has 2 aromatic carbocycles. The summed E-state index contributed by atoms with van der Waals surface area (Å²) in [6.45, 7) is 2.66. The van der Waals surface area contributed by atoms with Gasteiger partial charge in [-0.25, -0.2) is 4.79 Å². The molecule has 152 valence electrons. The van der Waals surface area contributed by atoms with Crippen LogP contribution in [0.5, 0.6) is 0 Å². The summed E-state index contributed by atoms with van der Waals surface area (Å²) >= 11 is 0. The van der Waals surface area contributed by atoms with Crippen molar-refractivity contribution in [2.24, 2.45) is 5.92 Å². The molecule has 29 heavy (non-hydrogen) atoms. The van der Waals surface area contributed by atoms with Gasteiger partial charge in [0.1, 0.15) is 0 Å². The number of hydrogen-bond acceptors (Lipinski definition) is 5. The molecule has 0 radical (unpaired) electrons. The molecule has 1 aliphatic heterocycles. The minimum atomic E-state index is -0.653. The van der Waals surface area contributed by atoms with Crippen LogP contribution in [0.2, 0.25) is 0 Å². The van der Waals surface area contributed by atoms with E-state index in [1.54, 1.807) is 0 Å². The quantitative estimate of drug-likeness (QED) is 0.668. The number of nitrogens with zero attached hydrogens (tertiary/aromatic N) is 3. The summed E-state index contributed by atoms with van der Waals surface area (Å²) in [7, 11) is 0. The molecule has 0 saturated carbocycles. The predicted molar refractivity (Wildman–Crippen MR) is 112 cm³/mol. The number of piperidine rings is 1. The van der Waals surface area contributed by atoms with Crippen LogP contribution >= 0.6 is 0 Å². The summed E-state index contributed by atoms with van der Waals surface area (Å²) in [6, 6.07) is 20.0. The molecule has 6 nitrogen and oxygen atoms in total. The molecule has 1 unspecified atom stereocenters. The van der Waals surface area contributed by atoms with Gasteiger partial charge in [-0.1, -0.05) is 65.8 Å². The van der Waals surface area contributed by atoms with E-state index in [0.29, 0.717) is 18.3 Å². The predicted octanol–water partition coefficient (Wildman–Crippen LogP) is 2.82. The van der Waals surface area contributed by atoms with E-state index in [1.165, 1.54) is 10.1 Å². The van der Waals surface area contributed by atoms with E-state index in [1.807, 2.05) is 30.3 Å². The number of aromatic nitrogens is 2. The average molecular weight is 393 g/mol. The Kier molecular flexibility index (Phi) is 6.22. The maximum Gasteiger partial charge on any atom is 0.441 e. The third kappa shape index (κ3) is 5.02. The van der Waals surface area contributed by atoms with E-state index in [4.69, 9.17) is 4.52 Å². The van der Waals surface area contributed by atoms with E-state index >= 15 is 0 Å². The second kappa shape index (κ2) is 9.20. The number of benzene rings is 2. The first-order valence-corrected chi connectivity index (χ1v) is 10.3. The summed E-state index contributed by atoms with van der Waals surface area (Å²) in [5.41, 5.74) is 2.19. The minimum absolute atomic E-state index is 0.177. The largest absolute Gasteiger partial charge is 0.441 e. The van der Waals surface area contributed by atoms with Crippen molar-refractivity contribution in [3.05, 3.63) is 76.8 Å². The Balaban J connectivity index is 1.31. The highest BCUT2D eigenvalue weighted by Crippen LogP contribution is 2.22. The molecule has 1 saturated heterocycles. The van der Waals surface area contributed by atoms with Gasteiger partial charge in [-0.05, 0) is 43.8 Å². The van der Waals surface area contributed by atoms with Crippen LogP contribution in [0.1, 0.15) is 18.4 Å². The summed E-state index contributed by atoms with van der Waals surface area (Å²) < 4.78 is 6.26. The number of hydrogen-bond donors (Lipinski definition) is 1. The zero-order chi connectivity index (χ0) is 20.1. The smallest absolute Gasteiger partial charge is 0.390 e. The highest BCUT2D eigenvalue weighted by atomic mass is 16.5. The van der Waals surface area contributed by atoms with E-state index in [-0.39, 0.29) is 6.54 Å². The van der Waals surface area contributed by atoms with Crippen LogP contribution in [-0.4, -0.2) is 45.5 Å². The van der Waals surface area contributed by atoms with Crippen LogP contribution in [0.4, 0.5) is 0 Å². The Morgan fingerprint density at radius 1 is 1.00 bits per heavy atom. The van der Waals surface area contributed by atoms with Gasteiger partial charge in [-0.2, -0.15) is 0 Å². The molecule has 1 N–H and O–H groups in total. The maximum absolute atomic E-state index is 12.1. The van der Waals surface area contributed by atoms with Crippen molar-refractivity contribution < 1.29 is 9.63 Å². The molecule has 1 fully saturated rings. The van der Waals surface area contributed by atoms with Gasteiger partial charge in [0.05, 0.1) is 12.6 Å². The summed E-state index contributed by atoms with van der Waals surface area (Å²) in [5, 5.41) is 14.5. The molecular formula is C23H27N3O3. The lowest BCUT2D eigenvalue weighted by Crippen LogP contribution is -2.41. The third-order valence-corrected chi connectivity index (χ3v) is 5.65. The van der Waals surface area contributed by atoms with Gasteiger partial charge in [0.15, 0.2) is 5.82 Å². The molecule has 2 heterocycles. The fourth-order valence-electron chi connectivity index (χ4n) is 4.11. The topological polar surface area (TPSA) is 71.5 Å². The Hall–Kier alpha value is -2.70. The highest BCUT2D eigenvalue weighted by Gasteiger charge is 2.23. The van der Waals surface area contributed by atoms with Gasteiger partial charge in [0.25, 0.3) is 0 Å². The first-order valence-electron chi connectivity index (χ1n) is 10.3. The lowest BCUT2D eigenvalue weighted by atomic mass is 9.90. The molecule has 0 spiro atoms. The van der Waals surface area contributed by atoms with Gasteiger partial charge in [0, 0.05) is 12.1 Å². The minimum Gasteiger partial charge on any atom is -0.390 e. The molecule has 3 aromatic rings. The summed E-state index contributed by atoms with van der Waals surface area (Å²) in [6.07, 6.45) is 2.72. The van der Waals surface area contributed by atoms with Gasteiger partial charge in [0.2, 0.25) is 0 Å². The highest BCUT2D eigenvalue weighted by molar-refractivity contribution is 5.54. The first kappa shape index (κ1) is 19.6.